The van der Waals surface area contributed by atoms with E-state index in [4.69, 9.17) is 0 Å². The second-order valence-electron chi connectivity index (χ2n) is 3.73. The minimum atomic E-state index is 0.604. The van der Waals surface area contributed by atoms with Crippen LogP contribution < -0.4 is 0 Å². The van der Waals surface area contributed by atoms with Crippen molar-refractivity contribution in [2.24, 2.45) is 5.92 Å². The fraction of sp³-hybridized carbons (Fsp3) is 0.455. The molecule has 1 nitrogen and oxygen atoms in total. The third-order valence-electron chi connectivity index (χ3n) is 2.49. The smallest absolute Gasteiger partial charge is 0.0551 e. The van der Waals surface area contributed by atoms with Crippen LogP contribution in [0.25, 0.3) is 0 Å². The Balaban J connectivity index is 2.26. The van der Waals surface area contributed by atoms with Gasteiger partial charge in [-0.2, -0.15) is 0 Å². The second kappa shape index (κ2) is 2.81. The predicted molar refractivity (Wildman–Crippen MR) is 51.4 cm³/mol. The lowest BCUT2D eigenvalue weighted by atomic mass is 10.0. The van der Waals surface area contributed by atoms with Crippen molar-refractivity contribution >= 4 is 0 Å². The van der Waals surface area contributed by atoms with E-state index in [-0.39, 0.29) is 0 Å². The molecule has 1 heteroatoms. The van der Waals surface area contributed by atoms with Gasteiger partial charge in [0.25, 0.3) is 0 Å². The van der Waals surface area contributed by atoms with Gasteiger partial charge in [-0.05, 0) is 18.4 Å². The van der Waals surface area contributed by atoms with E-state index in [2.05, 4.69) is 49.3 Å². The number of nitrogens with zero attached hydrogens (tertiary/aromatic N) is 1. The highest BCUT2D eigenvalue weighted by molar-refractivity contribution is 5.27. The maximum absolute atomic E-state index is 2.38. The molecule has 0 saturated carbocycles. The van der Waals surface area contributed by atoms with Gasteiger partial charge in [0, 0.05) is 11.9 Å². The van der Waals surface area contributed by atoms with Gasteiger partial charge in [-0.1, -0.05) is 32.1 Å². The van der Waals surface area contributed by atoms with E-state index in [1.165, 1.54) is 12.1 Å². The van der Waals surface area contributed by atoms with Gasteiger partial charge in [0.2, 0.25) is 0 Å². The maximum Gasteiger partial charge on any atom is 0.0551 e. The molecule has 0 saturated heterocycles. The number of rotatable bonds is 1. The Morgan fingerprint density at radius 2 is 2.33 bits per heavy atom. The average Bonchev–Trinajstić information content (AvgIpc) is 2.49. The fourth-order valence-corrected chi connectivity index (χ4v) is 1.85. The first-order chi connectivity index (χ1) is 5.79. The standard InChI is InChI=1S/C11H15N/c1-9(2)11-7-3-5-10-6-4-8-12(10)11/h3-5,7-10H,6H2,1-2H3. The van der Waals surface area contributed by atoms with E-state index in [0.29, 0.717) is 12.0 Å². The lowest BCUT2D eigenvalue weighted by molar-refractivity contribution is 0.376. The molecule has 0 radical (unpaired) electrons. The molecule has 0 N–H and O–H groups in total. The van der Waals surface area contributed by atoms with Gasteiger partial charge in [-0.15, -0.1) is 0 Å². The summed E-state index contributed by atoms with van der Waals surface area (Å²) in [6.45, 7) is 4.49. The Morgan fingerprint density at radius 3 is 3.08 bits per heavy atom. The van der Waals surface area contributed by atoms with Crippen molar-refractivity contribution in [3.63, 3.8) is 0 Å². The minimum Gasteiger partial charge on any atom is -0.344 e. The van der Waals surface area contributed by atoms with E-state index < -0.39 is 0 Å². The lowest BCUT2D eigenvalue weighted by Crippen LogP contribution is -2.28. The van der Waals surface area contributed by atoms with E-state index in [0.717, 1.165) is 0 Å². The molecule has 0 bridgehead atoms. The molecule has 2 aliphatic rings. The van der Waals surface area contributed by atoms with Crippen LogP contribution in [0.3, 0.4) is 0 Å². The molecule has 1 atom stereocenters. The zero-order chi connectivity index (χ0) is 8.55. The molecule has 0 amide bonds. The number of allylic oxidation sites excluding steroid dienone is 3. The summed E-state index contributed by atoms with van der Waals surface area (Å²) in [7, 11) is 0. The van der Waals surface area contributed by atoms with E-state index >= 15 is 0 Å². The Morgan fingerprint density at radius 1 is 1.50 bits per heavy atom. The second-order valence-corrected chi connectivity index (χ2v) is 3.73. The summed E-state index contributed by atoms with van der Waals surface area (Å²) in [5.41, 5.74) is 1.44. The normalized spacial score (nSPS) is 26.4. The van der Waals surface area contributed by atoms with Crippen LogP contribution in [0.15, 0.2) is 36.2 Å². The molecule has 12 heavy (non-hydrogen) atoms. The van der Waals surface area contributed by atoms with Crippen molar-refractivity contribution in [2.45, 2.75) is 26.3 Å². The molecule has 1 unspecified atom stereocenters. The molecule has 2 heterocycles. The largest absolute Gasteiger partial charge is 0.344 e. The van der Waals surface area contributed by atoms with Gasteiger partial charge in [-0.3, -0.25) is 0 Å². The van der Waals surface area contributed by atoms with Gasteiger partial charge >= 0.3 is 0 Å². The molecule has 0 aromatic heterocycles. The highest BCUT2D eigenvalue weighted by atomic mass is 15.2. The van der Waals surface area contributed by atoms with Crippen molar-refractivity contribution in [1.82, 2.24) is 4.90 Å². The summed E-state index contributed by atoms with van der Waals surface area (Å²) in [6.07, 6.45) is 12.3. The van der Waals surface area contributed by atoms with Gasteiger partial charge in [0.1, 0.15) is 0 Å². The van der Waals surface area contributed by atoms with E-state index in [1.807, 2.05) is 0 Å². The van der Waals surface area contributed by atoms with Crippen molar-refractivity contribution < 1.29 is 0 Å². The van der Waals surface area contributed by atoms with Crippen molar-refractivity contribution in [3.8, 4) is 0 Å². The Bertz CT molecular complexity index is 258. The number of hydrogen-bond donors (Lipinski definition) is 0. The van der Waals surface area contributed by atoms with Crippen molar-refractivity contribution in [3.05, 3.63) is 36.2 Å². The molecule has 0 aliphatic carbocycles. The highest BCUT2D eigenvalue weighted by Crippen LogP contribution is 2.28. The van der Waals surface area contributed by atoms with Crippen LogP contribution in [-0.4, -0.2) is 10.9 Å². The first kappa shape index (κ1) is 7.66. The third kappa shape index (κ3) is 1.09. The molecule has 2 rings (SSSR count). The number of fused-ring (bicyclic) bond motifs is 1. The first-order valence-corrected chi connectivity index (χ1v) is 4.62. The Labute approximate surface area is 74.1 Å². The van der Waals surface area contributed by atoms with E-state index in [9.17, 15) is 0 Å². The third-order valence-corrected chi connectivity index (χ3v) is 2.49. The lowest BCUT2D eigenvalue weighted by Gasteiger charge is -2.30. The Hall–Kier alpha value is -0.980. The van der Waals surface area contributed by atoms with Crippen molar-refractivity contribution in [1.29, 1.82) is 0 Å². The molecule has 0 aromatic rings. The predicted octanol–water partition coefficient (Wildman–Crippen LogP) is 2.68. The van der Waals surface area contributed by atoms with Crippen LogP contribution >= 0.6 is 0 Å². The highest BCUT2D eigenvalue weighted by Gasteiger charge is 2.22. The van der Waals surface area contributed by atoms with Crippen LogP contribution in [0, 0.1) is 5.92 Å². The van der Waals surface area contributed by atoms with Crippen molar-refractivity contribution in [2.75, 3.05) is 0 Å². The van der Waals surface area contributed by atoms with Crippen LogP contribution in [0.4, 0.5) is 0 Å². The van der Waals surface area contributed by atoms with Gasteiger partial charge < -0.3 is 4.90 Å². The van der Waals surface area contributed by atoms with Crippen LogP contribution in [0.1, 0.15) is 20.3 Å². The summed E-state index contributed by atoms with van der Waals surface area (Å²) < 4.78 is 0. The average molecular weight is 161 g/mol. The fourth-order valence-electron chi connectivity index (χ4n) is 1.85. The summed E-state index contributed by atoms with van der Waals surface area (Å²) in [5, 5.41) is 0. The zero-order valence-corrected chi connectivity index (χ0v) is 7.70. The molecule has 2 aliphatic heterocycles. The van der Waals surface area contributed by atoms with E-state index in [1.54, 1.807) is 0 Å². The molecular weight excluding hydrogens is 146 g/mol. The summed E-state index contributed by atoms with van der Waals surface area (Å²) in [4.78, 5) is 2.38. The van der Waals surface area contributed by atoms with Crippen LogP contribution in [-0.2, 0) is 0 Å². The van der Waals surface area contributed by atoms with Gasteiger partial charge in [-0.25, -0.2) is 0 Å². The zero-order valence-electron chi connectivity index (χ0n) is 7.70. The topological polar surface area (TPSA) is 3.24 Å². The van der Waals surface area contributed by atoms with Crippen LogP contribution in [0.5, 0.6) is 0 Å². The summed E-state index contributed by atoms with van der Waals surface area (Å²) in [5.74, 6) is 0.625. The molecule has 0 fully saturated rings. The summed E-state index contributed by atoms with van der Waals surface area (Å²) in [6, 6.07) is 0.604. The maximum atomic E-state index is 2.38. The van der Waals surface area contributed by atoms with Gasteiger partial charge in [0.15, 0.2) is 0 Å². The molecule has 0 aromatic carbocycles. The summed E-state index contributed by atoms with van der Waals surface area (Å²) >= 11 is 0. The van der Waals surface area contributed by atoms with Gasteiger partial charge in [0.05, 0.1) is 6.04 Å². The molecule has 64 valence electrons. The van der Waals surface area contributed by atoms with Crippen LogP contribution in [0.2, 0.25) is 0 Å². The quantitative estimate of drug-likeness (QED) is 0.571. The number of hydrogen-bond acceptors (Lipinski definition) is 1. The molecular formula is C11H15N. The SMILES string of the molecule is CC(C)C1=CC=CC2CC=CN12. The molecule has 0 spiro atoms. The first-order valence-electron chi connectivity index (χ1n) is 4.62. The Kier molecular flexibility index (Phi) is 1.80. The monoisotopic (exact) mass is 161 g/mol. The minimum absolute atomic E-state index is 0.604.